The third-order valence-corrected chi connectivity index (χ3v) is 2.38. The fourth-order valence-corrected chi connectivity index (χ4v) is 1.65. The van der Waals surface area contributed by atoms with Crippen molar-refractivity contribution >= 4 is 0 Å². The molecule has 0 radical (unpaired) electrons. The number of rotatable bonds is 2. The lowest BCUT2D eigenvalue weighted by atomic mass is 9.97. The van der Waals surface area contributed by atoms with Gasteiger partial charge in [-0.05, 0) is 25.7 Å². The summed E-state index contributed by atoms with van der Waals surface area (Å²) in [7, 11) is 1.65. The molecule has 0 unspecified atom stereocenters. The molecule has 12 heavy (non-hydrogen) atoms. The first-order valence-corrected chi connectivity index (χ1v) is 4.90. The van der Waals surface area contributed by atoms with Crippen molar-refractivity contribution in [1.29, 1.82) is 0 Å². The molecule has 0 saturated heterocycles. The van der Waals surface area contributed by atoms with Crippen LogP contribution >= 0.6 is 0 Å². The van der Waals surface area contributed by atoms with Gasteiger partial charge in [0.15, 0.2) is 0 Å². The van der Waals surface area contributed by atoms with Gasteiger partial charge in [0.2, 0.25) is 0 Å². The van der Waals surface area contributed by atoms with E-state index in [1.165, 1.54) is 50.5 Å². The Bertz CT molecular complexity index is 133. The molecule has 1 saturated carbocycles. The minimum absolute atomic E-state index is 1.25. The third kappa shape index (κ3) is 3.77. The van der Waals surface area contributed by atoms with Crippen LogP contribution in [0.2, 0.25) is 0 Å². The van der Waals surface area contributed by atoms with E-state index in [-0.39, 0.29) is 0 Å². The smallest absolute Gasteiger partial charge is 0.0636 e. The van der Waals surface area contributed by atoms with E-state index in [0.29, 0.717) is 0 Å². The van der Waals surface area contributed by atoms with Crippen LogP contribution in [0.15, 0.2) is 11.8 Å². The van der Waals surface area contributed by atoms with Gasteiger partial charge in [0.25, 0.3) is 0 Å². The molecule has 1 N–H and O–H groups in total. The second-order valence-electron chi connectivity index (χ2n) is 3.39. The highest BCUT2D eigenvalue weighted by Gasteiger charge is 2.02. The predicted octanol–water partition coefficient (Wildman–Crippen LogP) is 2.77. The average molecular weight is 169 g/mol. The predicted molar refractivity (Wildman–Crippen MR) is 50.5 cm³/mol. The van der Waals surface area contributed by atoms with Crippen LogP contribution in [-0.2, 0) is 4.84 Å². The van der Waals surface area contributed by atoms with E-state index in [4.69, 9.17) is 4.84 Å². The molecule has 0 heterocycles. The molecule has 0 spiro atoms. The van der Waals surface area contributed by atoms with Crippen molar-refractivity contribution in [3.63, 3.8) is 0 Å². The normalized spacial score (nSPS) is 19.6. The SMILES string of the molecule is CONC=C1CCCCCCC1. The molecule has 0 atom stereocenters. The van der Waals surface area contributed by atoms with Crippen LogP contribution in [0.25, 0.3) is 0 Å². The highest BCUT2D eigenvalue weighted by atomic mass is 16.6. The van der Waals surface area contributed by atoms with Gasteiger partial charge < -0.3 is 0 Å². The first-order valence-electron chi connectivity index (χ1n) is 4.90. The van der Waals surface area contributed by atoms with Crippen LogP contribution < -0.4 is 5.48 Å². The van der Waals surface area contributed by atoms with Crippen LogP contribution in [0.3, 0.4) is 0 Å². The monoisotopic (exact) mass is 169 g/mol. The van der Waals surface area contributed by atoms with Gasteiger partial charge >= 0.3 is 0 Å². The second kappa shape index (κ2) is 6.06. The lowest BCUT2D eigenvalue weighted by molar-refractivity contribution is 0.127. The molecular formula is C10H19NO. The molecule has 2 heteroatoms. The number of nitrogens with one attached hydrogen (secondary N) is 1. The molecule has 0 bridgehead atoms. The Kier molecular flexibility index (Phi) is 4.85. The maximum atomic E-state index is 4.79. The summed E-state index contributed by atoms with van der Waals surface area (Å²) in [5, 5.41) is 0. The van der Waals surface area contributed by atoms with Crippen LogP contribution in [0.4, 0.5) is 0 Å². The zero-order valence-electron chi connectivity index (χ0n) is 7.94. The molecule has 0 aliphatic heterocycles. The van der Waals surface area contributed by atoms with Crippen molar-refractivity contribution in [2.24, 2.45) is 0 Å². The third-order valence-electron chi connectivity index (χ3n) is 2.38. The summed E-state index contributed by atoms with van der Waals surface area (Å²) >= 11 is 0. The lowest BCUT2D eigenvalue weighted by Gasteiger charge is -2.11. The van der Waals surface area contributed by atoms with Crippen molar-refractivity contribution in [1.82, 2.24) is 5.48 Å². The zero-order valence-corrected chi connectivity index (χ0v) is 7.94. The van der Waals surface area contributed by atoms with E-state index in [9.17, 15) is 0 Å². The van der Waals surface area contributed by atoms with Crippen LogP contribution in [0.1, 0.15) is 44.9 Å². The highest BCUT2D eigenvalue weighted by Crippen LogP contribution is 2.20. The number of hydrogen-bond donors (Lipinski definition) is 1. The summed E-state index contributed by atoms with van der Waals surface area (Å²) in [5.41, 5.74) is 4.31. The summed E-state index contributed by atoms with van der Waals surface area (Å²) < 4.78 is 0. The molecular weight excluding hydrogens is 150 g/mol. The molecule has 1 rings (SSSR count). The molecule has 0 aromatic heterocycles. The highest BCUT2D eigenvalue weighted by molar-refractivity contribution is 5.00. The van der Waals surface area contributed by atoms with Gasteiger partial charge in [0.1, 0.15) is 0 Å². The minimum Gasteiger partial charge on any atom is -0.280 e. The Morgan fingerprint density at radius 1 is 1.08 bits per heavy atom. The molecule has 0 aromatic rings. The Morgan fingerprint density at radius 3 is 2.25 bits per heavy atom. The van der Waals surface area contributed by atoms with Crippen molar-refractivity contribution in [2.45, 2.75) is 44.9 Å². The molecule has 1 fully saturated rings. The van der Waals surface area contributed by atoms with Crippen molar-refractivity contribution in [3.8, 4) is 0 Å². The summed E-state index contributed by atoms with van der Waals surface area (Å²) in [5.74, 6) is 0. The fourth-order valence-electron chi connectivity index (χ4n) is 1.65. The van der Waals surface area contributed by atoms with E-state index in [0.717, 1.165) is 0 Å². The fraction of sp³-hybridized carbons (Fsp3) is 0.800. The van der Waals surface area contributed by atoms with Crippen LogP contribution in [0, 0.1) is 0 Å². The average Bonchev–Trinajstić information content (AvgIpc) is 2.02. The molecule has 0 aromatic carbocycles. The van der Waals surface area contributed by atoms with Gasteiger partial charge in [-0.2, -0.15) is 0 Å². The van der Waals surface area contributed by atoms with Gasteiger partial charge in [-0.1, -0.05) is 24.8 Å². The summed E-state index contributed by atoms with van der Waals surface area (Å²) in [6.07, 6.45) is 11.4. The van der Waals surface area contributed by atoms with E-state index < -0.39 is 0 Å². The zero-order chi connectivity index (χ0) is 8.65. The molecule has 2 nitrogen and oxygen atoms in total. The van der Waals surface area contributed by atoms with E-state index in [1.54, 1.807) is 7.11 Å². The number of hydroxylamine groups is 1. The molecule has 1 aliphatic rings. The minimum atomic E-state index is 1.25. The quantitative estimate of drug-likeness (QED) is 0.642. The number of allylic oxidation sites excluding steroid dienone is 1. The summed E-state index contributed by atoms with van der Waals surface area (Å²) in [6, 6.07) is 0. The van der Waals surface area contributed by atoms with E-state index in [2.05, 4.69) is 5.48 Å². The van der Waals surface area contributed by atoms with Gasteiger partial charge in [-0.3, -0.25) is 10.3 Å². The van der Waals surface area contributed by atoms with Gasteiger partial charge in [0, 0.05) is 6.20 Å². The maximum absolute atomic E-state index is 4.79. The van der Waals surface area contributed by atoms with Gasteiger partial charge in [-0.25, -0.2) is 0 Å². The Morgan fingerprint density at radius 2 is 1.67 bits per heavy atom. The lowest BCUT2D eigenvalue weighted by Crippen LogP contribution is -2.04. The first-order chi connectivity index (χ1) is 5.93. The Labute approximate surface area is 74.9 Å². The Hall–Kier alpha value is -0.500. The molecule has 1 aliphatic carbocycles. The van der Waals surface area contributed by atoms with E-state index in [1.807, 2.05) is 6.20 Å². The van der Waals surface area contributed by atoms with Gasteiger partial charge in [0.05, 0.1) is 7.11 Å². The van der Waals surface area contributed by atoms with E-state index >= 15 is 0 Å². The first kappa shape index (κ1) is 9.59. The largest absolute Gasteiger partial charge is 0.280 e. The maximum Gasteiger partial charge on any atom is 0.0636 e. The van der Waals surface area contributed by atoms with Gasteiger partial charge in [-0.15, -0.1) is 0 Å². The van der Waals surface area contributed by atoms with Crippen molar-refractivity contribution in [2.75, 3.05) is 7.11 Å². The standard InChI is InChI=1S/C10H19NO/c1-12-11-9-10-7-5-3-2-4-6-8-10/h9,11H,2-8H2,1H3. The topological polar surface area (TPSA) is 21.3 Å². The molecule has 70 valence electrons. The number of hydrogen-bond acceptors (Lipinski definition) is 2. The second-order valence-corrected chi connectivity index (χ2v) is 3.39. The summed E-state index contributed by atoms with van der Waals surface area (Å²) in [6.45, 7) is 0. The summed E-state index contributed by atoms with van der Waals surface area (Å²) in [4.78, 5) is 4.79. The Balaban J connectivity index is 2.28. The van der Waals surface area contributed by atoms with Crippen LogP contribution in [0.5, 0.6) is 0 Å². The van der Waals surface area contributed by atoms with Crippen LogP contribution in [-0.4, -0.2) is 7.11 Å². The molecule has 0 amide bonds. The van der Waals surface area contributed by atoms with Crippen molar-refractivity contribution < 1.29 is 4.84 Å². The van der Waals surface area contributed by atoms with Crippen molar-refractivity contribution in [3.05, 3.63) is 11.8 Å².